The van der Waals surface area contributed by atoms with Gasteiger partial charge in [-0.2, -0.15) is 0 Å². The summed E-state index contributed by atoms with van der Waals surface area (Å²) < 4.78 is 14.2. The minimum Gasteiger partial charge on any atom is -0.378 e. The first kappa shape index (κ1) is 12.9. The maximum absolute atomic E-state index is 14.2. The van der Waals surface area contributed by atoms with Crippen LogP contribution in [0.2, 0.25) is 0 Å². The number of piperazine rings is 1. The molecule has 0 radical (unpaired) electrons. The second-order valence-electron chi connectivity index (χ2n) is 4.94. The number of hydrogen-bond donors (Lipinski definition) is 3. The zero-order chi connectivity index (χ0) is 14.4. The molecule has 7 heteroatoms. The molecule has 0 aliphatic carbocycles. The minimum atomic E-state index is -1.34. The maximum Gasteiger partial charge on any atom is 0.257 e. The fraction of sp³-hybridized carbons (Fsp3) is 0.385. The number of carbonyl (C=O) groups is 2. The second kappa shape index (κ2) is 4.45. The number of aliphatic hydroxyl groups excluding tert-OH is 1. The van der Waals surface area contributed by atoms with Crippen LogP contribution in [0.1, 0.15) is 18.6 Å². The van der Waals surface area contributed by atoms with Gasteiger partial charge in [0.1, 0.15) is 11.9 Å². The van der Waals surface area contributed by atoms with Crippen LogP contribution in [0, 0.1) is 5.82 Å². The molecule has 106 valence electrons. The van der Waals surface area contributed by atoms with E-state index in [-0.39, 0.29) is 17.2 Å². The van der Waals surface area contributed by atoms with E-state index in [1.165, 1.54) is 6.07 Å². The number of anilines is 2. The Kier molecular flexibility index (Phi) is 2.86. The van der Waals surface area contributed by atoms with Crippen LogP contribution in [-0.2, 0) is 9.59 Å². The van der Waals surface area contributed by atoms with E-state index in [2.05, 4.69) is 10.6 Å². The van der Waals surface area contributed by atoms with Crippen LogP contribution in [0.5, 0.6) is 0 Å². The number of fused-ring (bicyclic) bond motifs is 1. The van der Waals surface area contributed by atoms with Crippen molar-refractivity contribution in [3.63, 3.8) is 0 Å². The number of amides is 2. The summed E-state index contributed by atoms with van der Waals surface area (Å²) >= 11 is 0. The van der Waals surface area contributed by atoms with E-state index < -0.39 is 23.9 Å². The Hall–Kier alpha value is -2.15. The van der Waals surface area contributed by atoms with Crippen molar-refractivity contribution in [2.24, 2.45) is 0 Å². The number of halogens is 1. The molecule has 0 saturated carbocycles. The molecular formula is C13H14FN3O3. The lowest BCUT2D eigenvalue weighted by molar-refractivity contribution is -0.123. The van der Waals surface area contributed by atoms with Gasteiger partial charge in [-0.3, -0.25) is 9.59 Å². The van der Waals surface area contributed by atoms with E-state index in [1.54, 1.807) is 11.8 Å². The highest BCUT2D eigenvalue weighted by molar-refractivity contribution is 6.02. The standard InChI is InChI=1S/C13H14FN3O3/c1-6-12(19)15-2-3-17(6)10-5-9-7(4-8(10)14)11(18)13(20)16-9/h4-6,11,18H,2-3H2,1H3,(H,15,19)(H,16,20). The van der Waals surface area contributed by atoms with Gasteiger partial charge in [-0.25, -0.2) is 4.39 Å². The number of nitrogens with one attached hydrogen (secondary N) is 2. The van der Waals surface area contributed by atoms with E-state index in [9.17, 15) is 19.1 Å². The smallest absolute Gasteiger partial charge is 0.257 e. The molecule has 0 aromatic heterocycles. The van der Waals surface area contributed by atoms with Crippen molar-refractivity contribution in [3.05, 3.63) is 23.5 Å². The van der Waals surface area contributed by atoms with Gasteiger partial charge in [0.15, 0.2) is 6.10 Å². The van der Waals surface area contributed by atoms with Gasteiger partial charge in [0.05, 0.1) is 5.69 Å². The van der Waals surface area contributed by atoms with Crippen LogP contribution >= 0.6 is 0 Å². The topological polar surface area (TPSA) is 81.7 Å². The number of carbonyl (C=O) groups excluding carboxylic acids is 2. The Balaban J connectivity index is 2.01. The van der Waals surface area contributed by atoms with Crippen molar-refractivity contribution < 1.29 is 19.1 Å². The highest BCUT2D eigenvalue weighted by atomic mass is 19.1. The molecule has 0 spiro atoms. The Bertz CT molecular complexity index is 605. The number of benzene rings is 1. The van der Waals surface area contributed by atoms with Gasteiger partial charge < -0.3 is 20.6 Å². The van der Waals surface area contributed by atoms with E-state index in [1.807, 2.05) is 0 Å². The van der Waals surface area contributed by atoms with Gasteiger partial charge in [-0.15, -0.1) is 0 Å². The summed E-state index contributed by atoms with van der Waals surface area (Å²) in [5.41, 5.74) is 0.864. The van der Waals surface area contributed by atoms with E-state index in [0.29, 0.717) is 18.8 Å². The Labute approximate surface area is 114 Å². The summed E-state index contributed by atoms with van der Waals surface area (Å²) in [6.45, 7) is 2.61. The summed E-state index contributed by atoms with van der Waals surface area (Å²) in [7, 11) is 0. The van der Waals surface area contributed by atoms with E-state index >= 15 is 0 Å². The van der Waals surface area contributed by atoms with Crippen molar-refractivity contribution in [2.45, 2.75) is 19.1 Å². The third-order valence-electron chi connectivity index (χ3n) is 3.73. The zero-order valence-corrected chi connectivity index (χ0v) is 10.8. The molecule has 2 atom stereocenters. The summed E-state index contributed by atoms with van der Waals surface area (Å²) in [5.74, 6) is -1.29. The zero-order valence-electron chi connectivity index (χ0n) is 10.8. The first-order valence-corrected chi connectivity index (χ1v) is 6.36. The lowest BCUT2D eigenvalue weighted by Gasteiger charge is -2.35. The molecule has 3 rings (SSSR count). The fourth-order valence-electron chi connectivity index (χ4n) is 2.59. The van der Waals surface area contributed by atoms with Gasteiger partial charge in [0.2, 0.25) is 5.91 Å². The van der Waals surface area contributed by atoms with Crippen LogP contribution in [0.4, 0.5) is 15.8 Å². The highest BCUT2D eigenvalue weighted by Gasteiger charge is 2.33. The van der Waals surface area contributed by atoms with Gasteiger partial charge in [-0.1, -0.05) is 0 Å². The maximum atomic E-state index is 14.2. The van der Waals surface area contributed by atoms with Crippen LogP contribution < -0.4 is 15.5 Å². The highest BCUT2D eigenvalue weighted by Crippen LogP contribution is 2.36. The molecule has 3 N–H and O–H groups in total. The first-order valence-electron chi connectivity index (χ1n) is 6.36. The van der Waals surface area contributed by atoms with Crippen molar-refractivity contribution in [2.75, 3.05) is 23.3 Å². The number of nitrogens with zero attached hydrogens (tertiary/aromatic N) is 1. The number of aliphatic hydroxyl groups is 1. The lowest BCUT2D eigenvalue weighted by atomic mass is 10.1. The monoisotopic (exact) mass is 279 g/mol. The summed E-state index contributed by atoms with van der Waals surface area (Å²) in [4.78, 5) is 24.7. The minimum absolute atomic E-state index is 0.166. The Morgan fingerprint density at radius 2 is 2.10 bits per heavy atom. The lowest BCUT2D eigenvalue weighted by Crippen LogP contribution is -2.54. The van der Waals surface area contributed by atoms with Crippen molar-refractivity contribution in [1.29, 1.82) is 0 Å². The molecular weight excluding hydrogens is 265 g/mol. The van der Waals surface area contributed by atoms with Gasteiger partial charge in [0, 0.05) is 24.3 Å². The molecule has 2 heterocycles. The van der Waals surface area contributed by atoms with Crippen molar-refractivity contribution >= 4 is 23.2 Å². The second-order valence-corrected chi connectivity index (χ2v) is 4.94. The average molecular weight is 279 g/mol. The third kappa shape index (κ3) is 1.82. The SMILES string of the molecule is CC1C(=O)NCCN1c1cc2c(cc1F)C(O)C(=O)N2. The van der Waals surface area contributed by atoms with Gasteiger partial charge in [0.25, 0.3) is 5.91 Å². The predicted octanol–water partition coefficient (Wildman–Crippen LogP) is 0.136. The quantitative estimate of drug-likeness (QED) is 0.683. The number of hydrogen-bond acceptors (Lipinski definition) is 4. The molecule has 2 unspecified atom stereocenters. The van der Waals surface area contributed by atoms with Crippen LogP contribution in [0.3, 0.4) is 0 Å². The fourth-order valence-corrected chi connectivity index (χ4v) is 2.59. The average Bonchev–Trinajstić information content (AvgIpc) is 2.68. The first-order chi connectivity index (χ1) is 9.49. The normalized spacial score (nSPS) is 25.2. The summed E-state index contributed by atoms with van der Waals surface area (Å²) in [6, 6.07) is 2.12. The van der Waals surface area contributed by atoms with Crippen LogP contribution in [0.15, 0.2) is 12.1 Å². The Morgan fingerprint density at radius 3 is 2.85 bits per heavy atom. The molecule has 2 aliphatic heterocycles. The molecule has 6 nitrogen and oxygen atoms in total. The Morgan fingerprint density at radius 1 is 1.35 bits per heavy atom. The van der Waals surface area contributed by atoms with Gasteiger partial charge in [-0.05, 0) is 19.1 Å². The van der Waals surface area contributed by atoms with Crippen LogP contribution in [-0.4, -0.2) is 36.1 Å². The summed E-state index contributed by atoms with van der Waals surface area (Å²) in [6.07, 6.45) is -1.34. The molecule has 2 aliphatic rings. The van der Waals surface area contributed by atoms with E-state index in [4.69, 9.17) is 0 Å². The van der Waals surface area contributed by atoms with Crippen molar-refractivity contribution in [3.8, 4) is 0 Å². The predicted molar refractivity (Wildman–Crippen MR) is 69.8 cm³/mol. The van der Waals surface area contributed by atoms with Gasteiger partial charge >= 0.3 is 0 Å². The molecule has 1 fully saturated rings. The molecule has 2 amide bonds. The van der Waals surface area contributed by atoms with Crippen molar-refractivity contribution in [1.82, 2.24) is 5.32 Å². The molecule has 1 saturated heterocycles. The molecule has 20 heavy (non-hydrogen) atoms. The van der Waals surface area contributed by atoms with E-state index in [0.717, 1.165) is 6.07 Å². The molecule has 1 aromatic carbocycles. The molecule has 1 aromatic rings. The van der Waals surface area contributed by atoms with Crippen LogP contribution in [0.25, 0.3) is 0 Å². The largest absolute Gasteiger partial charge is 0.378 e. The molecule has 0 bridgehead atoms. The number of rotatable bonds is 1. The third-order valence-corrected chi connectivity index (χ3v) is 3.73. The summed E-state index contributed by atoms with van der Waals surface area (Å²) in [5, 5.41) is 14.8.